The van der Waals surface area contributed by atoms with E-state index in [1.165, 1.54) is 225 Å². The maximum Gasteiger partial charge on any atom is 0.472 e. The zero-order chi connectivity index (χ0) is 51.3. The van der Waals surface area contributed by atoms with E-state index in [-0.39, 0.29) is 12.3 Å². The van der Waals surface area contributed by atoms with Gasteiger partial charge in [-0.2, -0.15) is 0 Å². The summed E-state index contributed by atoms with van der Waals surface area (Å²) >= 11 is 0. The van der Waals surface area contributed by atoms with Crippen LogP contribution in [-0.2, 0) is 18.4 Å². The maximum absolute atomic E-state index is 13.1. The highest BCUT2D eigenvalue weighted by Crippen LogP contribution is 2.47. The Morgan fingerprint density at radius 2 is 0.686 bits per heavy atom. The van der Waals surface area contributed by atoms with Crippen molar-refractivity contribution in [1.29, 1.82) is 0 Å². The van der Waals surface area contributed by atoms with Gasteiger partial charge in [0.05, 0.1) is 18.8 Å². The van der Waals surface area contributed by atoms with E-state index >= 15 is 0 Å². The first-order valence-corrected chi connectivity index (χ1v) is 31.5. The number of phosphoric acid groups is 1. The van der Waals surface area contributed by atoms with Crippen molar-refractivity contribution >= 4 is 13.7 Å². The van der Waals surface area contributed by atoms with Gasteiger partial charge in [-0.05, 0) is 12.8 Å². The average Bonchev–Trinajstić information content (AvgIpc) is 3.34. The fraction of sp³-hybridized carbons (Fsp3) is 0.982. The molecular formula is C57H114NO11P. The van der Waals surface area contributed by atoms with Crippen LogP contribution in [0.4, 0.5) is 0 Å². The number of carbonyl (C=O) groups is 1. The fourth-order valence-electron chi connectivity index (χ4n) is 10.1. The number of rotatable bonds is 52. The second-order valence-corrected chi connectivity index (χ2v) is 23.0. The molecule has 0 aliphatic heterocycles. The van der Waals surface area contributed by atoms with Gasteiger partial charge in [-0.3, -0.25) is 13.8 Å². The summed E-state index contributed by atoms with van der Waals surface area (Å²) in [5.41, 5.74) is 0. The number of aliphatic hydroxyl groups excluding tert-OH is 6. The number of aliphatic hydroxyl groups is 6. The molecule has 0 aromatic rings. The third-order valence-electron chi connectivity index (χ3n) is 14.9. The SMILES string of the molecule is CCCCCCCCCCCCCCCCCCCCCCCCCCCCCCC(=O)N[C@@H](COP(=O)(O)OC1C(O)C(O)C(O)[C@@H](O)C1O)[C@H](O)CCCCCCCCCCCCCCCCC. The zero-order valence-corrected chi connectivity index (χ0v) is 46.3. The molecule has 0 saturated heterocycles. The van der Waals surface area contributed by atoms with Gasteiger partial charge in [0.25, 0.3) is 0 Å². The van der Waals surface area contributed by atoms with Crippen LogP contribution in [0, 0.1) is 0 Å². The summed E-state index contributed by atoms with van der Waals surface area (Å²) in [6.07, 6.45) is 42.9. The van der Waals surface area contributed by atoms with Gasteiger partial charge >= 0.3 is 7.82 Å². The largest absolute Gasteiger partial charge is 0.472 e. The Hall–Kier alpha value is -0.660. The summed E-state index contributed by atoms with van der Waals surface area (Å²) in [5, 5.41) is 64.5. The Kier molecular flexibility index (Phi) is 45.1. The van der Waals surface area contributed by atoms with E-state index in [1.54, 1.807) is 0 Å². The first-order valence-electron chi connectivity index (χ1n) is 30.0. The smallest absolute Gasteiger partial charge is 0.391 e. The van der Waals surface area contributed by atoms with Crippen LogP contribution < -0.4 is 5.32 Å². The van der Waals surface area contributed by atoms with Crippen LogP contribution in [0.25, 0.3) is 0 Å². The lowest BCUT2D eigenvalue weighted by Gasteiger charge is -2.41. The summed E-state index contributed by atoms with van der Waals surface area (Å²) in [7, 11) is -5.06. The Labute approximate surface area is 429 Å². The Bertz CT molecular complexity index is 1190. The predicted molar refractivity (Wildman–Crippen MR) is 288 cm³/mol. The van der Waals surface area contributed by atoms with E-state index in [4.69, 9.17) is 9.05 Å². The number of nitrogens with one attached hydrogen (secondary N) is 1. The highest BCUT2D eigenvalue weighted by Gasteiger charge is 2.51. The fourth-order valence-corrected chi connectivity index (χ4v) is 11.1. The van der Waals surface area contributed by atoms with E-state index in [0.717, 1.165) is 38.5 Å². The van der Waals surface area contributed by atoms with Gasteiger partial charge in [0, 0.05) is 6.42 Å². The van der Waals surface area contributed by atoms with Gasteiger partial charge in [-0.1, -0.05) is 284 Å². The lowest BCUT2D eigenvalue weighted by Crippen LogP contribution is -2.64. The van der Waals surface area contributed by atoms with Crippen molar-refractivity contribution in [2.75, 3.05) is 6.61 Å². The molecule has 0 spiro atoms. The molecule has 0 bridgehead atoms. The third-order valence-corrected chi connectivity index (χ3v) is 15.9. The molecular weight excluding hydrogens is 906 g/mol. The van der Waals surface area contributed by atoms with Gasteiger partial charge in [0.2, 0.25) is 5.91 Å². The van der Waals surface area contributed by atoms with Crippen LogP contribution in [0.1, 0.15) is 303 Å². The monoisotopic (exact) mass is 1020 g/mol. The molecule has 8 N–H and O–H groups in total. The van der Waals surface area contributed by atoms with Crippen LogP contribution in [-0.4, -0.2) is 96.8 Å². The number of unbranched alkanes of at least 4 members (excludes halogenated alkanes) is 41. The topological polar surface area (TPSA) is 206 Å². The van der Waals surface area contributed by atoms with Crippen LogP contribution in [0.15, 0.2) is 0 Å². The molecule has 6 unspecified atom stereocenters. The molecule has 70 heavy (non-hydrogen) atoms. The normalized spacial score (nSPS) is 21.2. The summed E-state index contributed by atoms with van der Waals surface area (Å²) in [5.74, 6) is -0.300. The second-order valence-electron chi connectivity index (χ2n) is 21.6. The van der Waals surface area contributed by atoms with Crippen molar-refractivity contribution in [2.45, 2.75) is 352 Å². The summed E-state index contributed by atoms with van der Waals surface area (Å²) in [4.78, 5) is 23.6. The molecule has 0 aromatic carbocycles. The summed E-state index contributed by atoms with van der Waals surface area (Å²) in [6.45, 7) is 3.94. The van der Waals surface area contributed by atoms with Crippen molar-refractivity contribution in [3.8, 4) is 0 Å². The molecule has 0 aromatic heterocycles. The van der Waals surface area contributed by atoms with Gasteiger partial charge in [-0.15, -0.1) is 0 Å². The lowest BCUT2D eigenvalue weighted by molar-refractivity contribution is -0.220. The molecule has 1 rings (SSSR count). The minimum absolute atomic E-state index is 0.244. The van der Waals surface area contributed by atoms with Crippen molar-refractivity contribution in [1.82, 2.24) is 5.32 Å². The minimum Gasteiger partial charge on any atom is -0.391 e. The molecule has 1 saturated carbocycles. The lowest BCUT2D eigenvalue weighted by atomic mass is 9.85. The van der Waals surface area contributed by atoms with E-state index < -0.39 is 63.2 Å². The van der Waals surface area contributed by atoms with Gasteiger partial charge in [0.15, 0.2) is 0 Å². The number of phosphoric ester groups is 1. The van der Waals surface area contributed by atoms with Gasteiger partial charge in [-0.25, -0.2) is 4.57 Å². The number of carbonyl (C=O) groups excluding carboxylic acids is 1. The molecule has 0 radical (unpaired) electrons. The average molecular weight is 1020 g/mol. The summed E-state index contributed by atoms with van der Waals surface area (Å²) in [6, 6.07) is -1.03. The minimum atomic E-state index is -5.06. The Balaban J connectivity index is 2.24. The van der Waals surface area contributed by atoms with E-state index in [9.17, 15) is 44.9 Å². The Morgan fingerprint density at radius 3 is 0.986 bits per heavy atom. The molecule has 0 heterocycles. The molecule has 1 aliphatic carbocycles. The second kappa shape index (κ2) is 46.8. The van der Waals surface area contributed by atoms with E-state index in [2.05, 4.69) is 19.2 Å². The van der Waals surface area contributed by atoms with Crippen molar-refractivity contribution in [2.24, 2.45) is 0 Å². The maximum atomic E-state index is 13.1. The number of amides is 1. The summed E-state index contributed by atoms with van der Waals surface area (Å²) < 4.78 is 23.1. The van der Waals surface area contributed by atoms with E-state index in [1.807, 2.05) is 0 Å². The standard InChI is InChI=1S/C57H114NO11P/c1-3-5-7-9-11-13-15-17-19-20-21-22-23-24-25-26-27-28-29-30-31-33-35-37-39-41-43-45-47-51(60)58-49(48-68-70(66,67)69-57-55(64)53(62)52(61)54(63)56(57)65)50(59)46-44-42-40-38-36-34-32-18-16-14-12-10-8-6-4-2/h49-50,52-57,59,61-65H,3-48H2,1-2H3,(H,58,60)(H,66,67)/t49-,50+,52?,53+,54?,55?,56?,57?/m0/s1. The van der Waals surface area contributed by atoms with Crippen molar-refractivity contribution in [3.63, 3.8) is 0 Å². The molecule has 12 nitrogen and oxygen atoms in total. The predicted octanol–water partition coefficient (Wildman–Crippen LogP) is 13.7. The third kappa shape index (κ3) is 37.1. The Morgan fingerprint density at radius 1 is 0.429 bits per heavy atom. The molecule has 418 valence electrons. The highest BCUT2D eigenvalue weighted by molar-refractivity contribution is 7.47. The molecule has 1 amide bonds. The molecule has 9 atom stereocenters. The highest BCUT2D eigenvalue weighted by atomic mass is 31.2. The van der Waals surface area contributed by atoms with Crippen LogP contribution in [0.5, 0.6) is 0 Å². The first-order chi connectivity index (χ1) is 33.9. The number of hydrogen-bond acceptors (Lipinski definition) is 10. The van der Waals surface area contributed by atoms with Gasteiger partial charge < -0.3 is 40.8 Å². The van der Waals surface area contributed by atoms with Crippen LogP contribution in [0.3, 0.4) is 0 Å². The number of hydrogen-bond donors (Lipinski definition) is 8. The van der Waals surface area contributed by atoms with Gasteiger partial charge in [0.1, 0.15) is 36.6 Å². The first kappa shape index (κ1) is 67.4. The van der Waals surface area contributed by atoms with Crippen LogP contribution in [0.2, 0.25) is 0 Å². The van der Waals surface area contributed by atoms with Crippen molar-refractivity contribution in [3.05, 3.63) is 0 Å². The van der Waals surface area contributed by atoms with Crippen molar-refractivity contribution < 1.29 is 53.9 Å². The van der Waals surface area contributed by atoms with E-state index in [0.29, 0.717) is 19.3 Å². The van der Waals surface area contributed by atoms with Crippen LogP contribution >= 0.6 is 7.82 Å². The zero-order valence-electron chi connectivity index (χ0n) is 45.4. The molecule has 13 heteroatoms. The quantitative estimate of drug-likeness (QED) is 0.0212. The molecule has 1 fully saturated rings. The molecule has 1 aliphatic rings.